The minimum Gasteiger partial charge on any atom is -0.395 e. The van der Waals surface area contributed by atoms with Crippen molar-refractivity contribution in [3.63, 3.8) is 0 Å². The van der Waals surface area contributed by atoms with Crippen molar-refractivity contribution in [1.29, 1.82) is 0 Å². The minimum atomic E-state index is 0.168. The Morgan fingerprint density at radius 2 is 2.16 bits per heavy atom. The molecule has 5 heteroatoms. The third-order valence-electron chi connectivity index (χ3n) is 3.42. The van der Waals surface area contributed by atoms with Crippen LogP contribution in [-0.4, -0.2) is 40.8 Å². The molecule has 5 nitrogen and oxygen atoms in total. The van der Waals surface area contributed by atoms with Crippen LogP contribution in [0.25, 0.3) is 0 Å². The summed E-state index contributed by atoms with van der Waals surface area (Å²) in [4.78, 5) is 11.1. The molecule has 0 aromatic carbocycles. The van der Waals surface area contributed by atoms with Crippen LogP contribution in [0.1, 0.15) is 38.7 Å². The second-order valence-electron chi connectivity index (χ2n) is 4.95. The van der Waals surface area contributed by atoms with Crippen LogP contribution in [0.4, 0.5) is 11.6 Å². The summed E-state index contributed by atoms with van der Waals surface area (Å²) in [5.41, 5.74) is 1.16. The molecule has 1 aromatic rings. The minimum absolute atomic E-state index is 0.168. The van der Waals surface area contributed by atoms with E-state index in [0.29, 0.717) is 12.6 Å². The van der Waals surface area contributed by atoms with Gasteiger partial charge in [-0.1, -0.05) is 13.8 Å². The Morgan fingerprint density at radius 1 is 1.37 bits per heavy atom. The molecule has 2 rings (SSSR count). The van der Waals surface area contributed by atoms with E-state index in [0.717, 1.165) is 36.6 Å². The molecule has 0 radical (unpaired) electrons. The molecule has 1 aliphatic carbocycles. The van der Waals surface area contributed by atoms with Gasteiger partial charge in [0.2, 0.25) is 0 Å². The molecule has 0 unspecified atom stereocenters. The number of aromatic nitrogens is 2. The molecule has 1 aromatic heterocycles. The van der Waals surface area contributed by atoms with E-state index in [1.807, 2.05) is 0 Å². The van der Waals surface area contributed by atoms with Gasteiger partial charge in [0.25, 0.3) is 0 Å². The molecule has 0 spiro atoms. The second-order valence-corrected chi connectivity index (χ2v) is 4.95. The van der Waals surface area contributed by atoms with Crippen LogP contribution in [-0.2, 0) is 6.42 Å². The van der Waals surface area contributed by atoms with Crippen molar-refractivity contribution in [2.24, 2.45) is 0 Å². The van der Waals surface area contributed by atoms with Gasteiger partial charge in [0.15, 0.2) is 0 Å². The normalized spacial score (nSPS) is 14.5. The maximum Gasteiger partial charge on any atom is 0.137 e. The van der Waals surface area contributed by atoms with E-state index in [2.05, 4.69) is 34.0 Å². The summed E-state index contributed by atoms with van der Waals surface area (Å²) in [7, 11) is 0. The lowest BCUT2D eigenvalue weighted by Gasteiger charge is -2.25. The van der Waals surface area contributed by atoms with Crippen molar-refractivity contribution in [3.8, 4) is 0 Å². The Balaban J connectivity index is 2.26. The van der Waals surface area contributed by atoms with Gasteiger partial charge in [-0.3, -0.25) is 0 Å². The van der Waals surface area contributed by atoms with Crippen molar-refractivity contribution in [1.82, 2.24) is 9.97 Å². The first kappa shape index (κ1) is 14.1. The summed E-state index contributed by atoms with van der Waals surface area (Å²) >= 11 is 0. The molecule has 0 bridgehead atoms. The predicted molar refractivity (Wildman–Crippen MR) is 77.6 cm³/mol. The molecule has 0 saturated heterocycles. The molecule has 2 N–H and O–H groups in total. The molecule has 0 amide bonds. The fraction of sp³-hybridized carbons (Fsp3) is 0.714. The molecule has 1 heterocycles. The second kappa shape index (κ2) is 6.70. The Hall–Kier alpha value is -1.36. The predicted octanol–water partition coefficient (Wildman–Crippen LogP) is 1.82. The fourth-order valence-electron chi connectivity index (χ4n) is 2.33. The molecular formula is C14H24N4O. The van der Waals surface area contributed by atoms with E-state index in [-0.39, 0.29) is 6.61 Å². The number of anilines is 2. The highest BCUT2D eigenvalue weighted by Gasteiger charge is 2.31. The van der Waals surface area contributed by atoms with E-state index in [4.69, 9.17) is 0 Å². The number of aliphatic hydroxyl groups is 1. The van der Waals surface area contributed by atoms with Crippen molar-refractivity contribution >= 4 is 11.6 Å². The Bertz CT molecular complexity index is 406. The summed E-state index contributed by atoms with van der Waals surface area (Å²) in [5, 5.41) is 12.6. The maximum absolute atomic E-state index is 9.25. The fourth-order valence-corrected chi connectivity index (χ4v) is 2.33. The maximum atomic E-state index is 9.25. The first-order chi connectivity index (χ1) is 9.31. The molecule has 1 fully saturated rings. The number of nitrogens with zero attached hydrogens (tertiary/aromatic N) is 3. The van der Waals surface area contributed by atoms with Gasteiger partial charge in [0, 0.05) is 24.7 Å². The lowest BCUT2D eigenvalue weighted by molar-refractivity contribution is 0.301. The molecular weight excluding hydrogens is 240 g/mol. The zero-order valence-electron chi connectivity index (χ0n) is 11.9. The molecule has 0 atom stereocenters. The first-order valence-corrected chi connectivity index (χ1v) is 7.27. The van der Waals surface area contributed by atoms with E-state index in [1.165, 1.54) is 12.8 Å². The highest BCUT2D eigenvalue weighted by Crippen LogP contribution is 2.33. The van der Waals surface area contributed by atoms with Gasteiger partial charge in [0.05, 0.1) is 6.61 Å². The Kier molecular flexibility index (Phi) is 4.96. The molecule has 1 aliphatic rings. The highest BCUT2D eigenvalue weighted by molar-refractivity contribution is 5.59. The van der Waals surface area contributed by atoms with Crippen LogP contribution in [0, 0.1) is 0 Å². The third-order valence-corrected chi connectivity index (χ3v) is 3.42. The summed E-state index contributed by atoms with van der Waals surface area (Å²) in [5.74, 6) is 1.94. The molecule has 0 aliphatic heterocycles. The average Bonchev–Trinajstić information content (AvgIpc) is 3.26. The Morgan fingerprint density at radius 3 is 2.74 bits per heavy atom. The van der Waals surface area contributed by atoms with Gasteiger partial charge in [0.1, 0.15) is 18.0 Å². The summed E-state index contributed by atoms with van der Waals surface area (Å²) in [6, 6.07) is 0.548. The molecule has 1 saturated carbocycles. The third kappa shape index (κ3) is 3.35. The van der Waals surface area contributed by atoms with Crippen molar-refractivity contribution < 1.29 is 5.11 Å². The van der Waals surface area contributed by atoms with E-state index < -0.39 is 0 Å². The summed E-state index contributed by atoms with van der Waals surface area (Å²) in [6.45, 7) is 6.02. The van der Waals surface area contributed by atoms with E-state index >= 15 is 0 Å². The highest BCUT2D eigenvalue weighted by atomic mass is 16.3. The number of hydrogen-bond acceptors (Lipinski definition) is 5. The molecule has 106 valence electrons. The Labute approximate surface area is 115 Å². The van der Waals surface area contributed by atoms with Crippen molar-refractivity contribution in [3.05, 3.63) is 11.9 Å². The number of hydrogen-bond donors (Lipinski definition) is 2. The summed E-state index contributed by atoms with van der Waals surface area (Å²) < 4.78 is 0. The standard InChI is InChI=1S/C14H24N4O/c1-3-7-15-13-12(4-2)14(17-10-16-13)18(8-9-19)11-5-6-11/h10-11,19H,3-9H2,1-2H3,(H,15,16,17). The van der Waals surface area contributed by atoms with Crippen LogP contribution in [0.3, 0.4) is 0 Å². The van der Waals surface area contributed by atoms with Gasteiger partial charge in [-0.05, 0) is 25.7 Å². The largest absolute Gasteiger partial charge is 0.395 e. The van der Waals surface area contributed by atoms with Gasteiger partial charge in [-0.25, -0.2) is 9.97 Å². The van der Waals surface area contributed by atoms with Crippen molar-refractivity contribution in [2.75, 3.05) is 29.9 Å². The first-order valence-electron chi connectivity index (χ1n) is 7.27. The van der Waals surface area contributed by atoms with Crippen LogP contribution >= 0.6 is 0 Å². The van der Waals surface area contributed by atoms with Crippen LogP contribution in [0.2, 0.25) is 0 Å². The topological polar surface area (TPSA) is 61.3 Å². The van der Waals surface area contributed by atoms with Crippen LogP contribution in [0.15, 0.2) is 6.33 Å². The average molecular weight is 264 g/mol. The van der Waals surface area contributed by atoms with Crippen molar-refractivity contribution in [2.45, 2.75) is 45.6 Å². The quantitative estimate of drug-likeness (QED) is 0.750. The zero-order chi connectivity index (χ0) is 13.7. The van der Waals surface area contributed by atoms with E-state index in [1.54, 1.807) is 6.33 Å². The molecule has 19 heavy (non-hydrogen) atoms. The van der Waals surface area contributed by atoms with Gasteiger partial charge in [-0.2, -0.15) is 0 Å². The van der Waals surface area contributed by atoms with Crippen LogP contribution < -0.4 is 10.2 Å². The van der Waals surface area contributed by atoms with E-state index in [9.17, 15) is 5.11 Å². The lowest BCUT2D eigenvalue weighted by Crippen LogP contribution is -2.31. The summed E-state index contributed by atoms with van der Waals surface area (Å²) in [6.07, 6.45) is 6.00. The number of rotatable bonds is 8. The zero-order valence-corrected chi connectivity index (χ0v) is 11.9. The smallest absolute Gasteiger partial charge is 0.137 e. The SMILES string of the molecule is CCCNc1ncnc(N(CCO)C2CC2)c1CC. The van der Waals surface area contributed by atoms with Crippen LogP contribution in [0.5, 0.6) is 0 Å². The lowest BCUT2D eigenvalue weighted by atomic mass is 10.2. The monoisotopic (exact) mass is 264 g/mol. The van der Waals surface area contributed by atoms with Gasteiger partial charge in [-0.15, -0.1) is 0 Å². The number of nitrogens with one attached hydrogen (secondary N) is 1. The number of aliphatic hydroxyl groups excluding tert-OH is 1. The van der Waals surface area contributed by atoms with Gasteiger partial charge < -0.3 is 15.3 Å². The van der Waals surface area contributed by atoms with Gasteiger partial charge >= 0.3 is 0 Å².